The second-order valence-electron chi connectivity index (χ2n) is 1.57. The van der Waals surface area contributed by atoms with E-state index in [9.17, 15) is 4.79 Å². The van der Waals surface area contributed by atoms with E-state index >= 15 is 0 Å². The van der Waals surface area contributed by atoms with E-state index in [-0.39, 0.29) is 9.89 Å². The average molecular weight is 243 g/mol. The molecule has 54 valence electrons. The zero-order valence-electron chi connectivity index (χ0n) is 5.26. The van der Waals surface area contributed by atoms with Gasteiger partial charge in [0.25, 0.3) is 0 Å². The fourth-order valence-electron chi connectivity index (χ4n) is 0.274. The Balaban J connectivity index is 3.28. The van der Waals surface area contributed by atoms with Crippen LogP contribution in [0.4, 0.5) is 0 Å². The quantitative estimate of drug-likeness (QED) is 0.441. The second-order valence-corrected chi connectivity index (χ2v) is 3.44. The van der Waals surface area contributed by atoms with Gasteiger partial charge in [-0.05, 0) is 6.92 Å². The smallest absolute Gasteiger partial charge is 0.318 e. The van der Waals surface area contributed by atoms with Gasteiger partial charge in [-0.2, -0.15) is 0 Å². The minimum absolute atomic E-state index is 0.0749. The van der Waals surface area contributed by atoms with Gasteiger partial charge in [-0.15, -0.1) is 0 Å². The molecule has 0 aliphatic carbocycles. The SMILES string of the molecule is CC(I)C(=O)OCCN. The monoisotopic (exact) mass is 243 g/mol. The number of halogens is 1. The van der Waals surface area contributed by atoms with Gasteiger partial charge in [-0.3, -0.25) is 4.79 Å². The molecule has 0 aromatic rings. The van der Waals surface area contributed by atoms with E-state index in [1.807, 2.05) is 22.6 Å². The van der Waals surface area contributed by atoms with Gasteiger partial charge in [0.1, 0.15) is 10.5 Å². The largest absolute Gasteiger partial charge is 0.464 e. The Kier molecular flexibility index (Phi) is 5.07. The number of ether oxygens (including phenoxy) is 1. The number of rotatable bonds is 3. The first-order chi connectivity index (χ1) is 4.18. The molecular weight excluding hydrogens is 233 g/mol. The van der Waals surface area contributed by atoms with Crippen LogP contribution in [0.25, 0.3) is 0 Å². The molecule has 0 bridgehead atoms. The molecule has 0 amide bonds. The first-order valence-electron chi connectivity index (χ1n) is 2.69. The highest BCUT2D eigenvalue weighted by Crippen LogP contribution is 1.99. The Morgan fingerprint density at radius 1 is 1.89 bits per heavy atom. The number of nitrogens with two attached hydrogens (primary N) is 1. The van der Waals surface area contributed by atoms with Gasteiger partial charge in [-0.1, -0.05) is 22.6 Å². The normalized spacial score (nSPS) is 12.8. The van der Waals surface area contributed by atoms with Crippen LogP contribution in [0.15, 0.2) is 0 Å². The summed E-state index contributed by atoms with van der Waals surface area (Å²) in [6, 6.07) is 0. The van der Waals surface area contributed by atoms with E-state index < -0.39 is 0 Å². The molecule has 1 atom stereocenters. The fraction of sp³-hybridized carbons (Fsp3) is 0.800. The van der Waals surface area contributed by atoms with Crippen LogP contribution in [-0.4, -0.2) is 23.0 Å². The number of hydrogen-bond donors (Lipinski definition) is 1. The third-order valence-electron chi connectivity index (χ3n) is 0.687. The van der Waals surface area contributed by atoms with Crippen molar-refractivity contribution in [2.75, 3.05) is 13.2 Å². The van der Waals surface area contributed by atoms with Crippen molar-refractivity contribution in [3.63, 3.8) is 0 Å². The van der Waals surface area contributed by atoms with Crippen molar-refractivity contribution in [3.05, 3.63) is 0 Å². The number of alkyl halides is 1. The molecule has 2 N–H and O–H groups in total. The van der Waals surface area contributed by atoms with Gasteiger partial charge in [-0.25, -0.2) is 0 Å². The second kappa shape index (κ2) is 4.99. The molecule has 0 saturated heterocycles. The highest BCUT2D eigenvalue weighted by atomic mass is 127. The predicted octanol–water partition coefficient (Wildman–Crippen LogP) is 0.312. The lowest BCUT2D eigenvalue weighted by molar-refractivity contribution is -0.141. The van der Waals surface area contributed by atoms with Crippen molar-refractivity contribution in [2.24, 2.45) is 5.73 Å². The van der Waals surface area contributed by atoms with Crippen molar-refractivity contribution in [1.82, 2.24) is 0 Å². The maximum atomic E-state index is 10.6. The van der Waals surface area contributed by atoms with Gasteiger partial charge >= 0.3 is 5.97 Å². The summed E-state index contributed by atoms with van der Waals surface area (Å²) in [7, 11) is 0. The average Bonchev–Trinajstić information content (AvgIpc) is 1.82. The molecule has 0 radical (unpaired) electrons. The van der Waals surface area contributed by atoms with E-state index in [2.05, 4.69) is 4.74 Å². The van der Waals surface area contributed by atoms with Crippen LogP contribution in [-0.2, 0) is 9.53 Å². The zero-order chi connectivity index (χ0) is 7.28. The Labute approximate surface area is 68.1 Å². The Bertz CT molecular complexity index is 95.0. The molecule has 0 saturated carbocycles. The van der Waals surface area contributed by atoms with Gasteiger partial charge in [0.15, 0.2) is 0 Å². The molecule has 0 fully saturated rings. The molecule has 1 unspecified atom stereocenters. The van der Waals surface area contributed by atoms with Crippen molar-refractivity contribution < 1.29 is 9.53 Å². The highest BCUT2D eigenvalue weighted by molar-refractivity contribution is 14.1. The summed E-state index contributed by atoms with van der Waals surface area (Å²) in [5.74, 6) is -0.193. The highest BCUT2D eigenvalue weighted by Gasteiger charge is 2.07. The first-order valence-corrected chi connectivity index (χ1v) is 3.94. The van der Waals surface area contributed by atoms with Crippen LogP contribution in [0.2, 0.25) is 0 Å². The number of hydrogen-bond acceptors (Lipinski definition) is 3. The van der Waals surface area contributed by atoms with Crippen LogP contribution in [0.3, 0.4) is 0 Å². The summed E-state index contributed by atoms with van der Waals surface area (Å²) in [5, 5.41) is 0. The molecule has 0 aromatic carbocycles. The van der Waals surface area contributed by atoms with E-state index in [1.54, 1.807) is 6.92 Å². The van der Waals surface area contributed by atoms with E-state index in [1.165, 1.54) is 0 Å². The molecule has 9 heavy (non-hydrogen) atoms. The van der Waals surface area contributed by atoms with Crippen LogP contribution >= 0.6 is 22.6 Å². The molecule has 0 aliphatic heterocycles. The van der Waals surface area contributed by atoms with Crippen LogP contribution in [0.5, 0.6) is 0 Å². The standard InChI is InChI=1S/C5H10INO2/c1-4(6)5(8)9-3-2-7/h4H,2-3,7H2,1H3. The number of carbonyl (C=O) groups excluding carboxylic acids is 1. The molecule has 0 rings (SSSR count). The van der Waals surface area contributed by atoms with Crippen molar-refractivity contribution >= 4 is 28.6 Å². The van der Waals surface area contributed by atoms with Crippen molar-refractivity contribution in [3.8, 4) is 0 Å². The molecule has 0 aliphatic rings. The summed E-state index contributed by atoms with van der Waals surface area (Å²) in [6.45, 7) is 2.50. The predicted molar refractivity (Wildman–Crippen MR) is 43.5 cm³/mol. The Morgan fingerprint density at radius 2 is 2.44 bits per heavy atom. The number of carbonyl (C=O) groups is 1. The summed E-state index contributed by atoms with van der Waals surface area (Å²) in [5.41, 5.74) is 5.10. The summed E-state index contributed by atoms with van der Waals surface area (Å²) in [6.07, 6.45) is 0. The van der Waals surface area contributed by atoms with Crippen LogP contribution in [0.1, 0.15) is 6.92 Å². The molecule has 3 nitrogen and oxygen atoms in total. The van der Waals surface area contributed by atoms with Crippen LogP contribution in [0, 0.1) is 0 Å². The van der Waals surface area contributed by atoms with Crippen LogP contribution < -0.4 is 5.73 Å². The van der Waals surface area contributed by atoms with Crippen molar-refractivity contribution in [2.45, 2.75) is 10.8 Å². The molecule has 0 spiro atoms. The van der Waals surface area contributed by atoms with E-state index in [0.29, 0.717) is 13.2 Å². The van der Waals surface area contributed by atoms with Crippen molar-refractivity contribution in [1.29, 1.82) is 0 Å². The summed E-state index contributed by atoms with van der Waals surface area (Å²) >= 11 is 1.99. The first kappa shape index (κ1) is 9.16. The third kappa shape index (κ3) is 4.65. The Morgan fingerprint density at radius 3 is 2.78 bits per heavy atom. The van der Waals surface area contributed by atoms with E-state index in [0.717, 1.165) is 0 Å². The Hall–Kier alpha value is 0.160. The molecule has 0 aromatic heterocycles. The lowest BCUT2D eigenvalue weighted by Crippen LogP contribution is -2.18. The summed E-state index contributed by atoms with van der Waals surface area (Å²) in [4.78, 5) is 10.6. The fourth-order valence-corrected chi connectivity index (χ4v) is 0.454. The van der Waals surface area contributed by atoms with E-state index in [4.69, 9.17) is 5.73 Å². The minimum atomic E-state index is -0.193. The van der Waals surface area contributed by atoms with Gasteiger partial charge in [0.05, 0.1) is 0 Å². The van der Waals surface area contributed by atoms with Gasteiger partial charge in [0.2, 0.25) is 0 Å². The van der Waals surface area contributed by atoms with Gasteiger partial charge in [0, 0.05) is 6.54 Å². The third-order valence-corrected chi connectivity index (χ3v) is 1.20. The molecular formula is C5H10INO2. The maximum Gasteiger partial charge on any atom is 0.318 e. The lowest BCUT2D eigenvalue weighted by Gasteiger charge is -2.02. The topological polar surface area (TPSA) is 52.3 Å². The minimum Gasteiger partial charge on any atom is -0.464 e. The maximum absolute atomic E-state index is 10.6. The zero-order valence-corrected chi connectivity index (χ0v) is 7.42. The van der Waals surface area contributed by atoms with Gasteiger partial charge < -0.3 is 10.5 Å². The molecule has 0 heterocycles. The number of esters is 1. The summed E-state index contributed by atoms with van der Waals surface area (Å²) < 4.78 is 4.61. The molecule has 4 heteroatoms. The lowest BCUT2D eigenvalue weighted by atomic mass is 10.5.